The van der Waals surface area contributed by atoms with Gasteiger partial charge in [-0.25, -0.2) is 0 Å². The van der Waals surface area contributed by atoms with Crippen LogP contribution in [0.5, 0.6) is 0 Å². The van der Waals surface area contributed by atoms with Crippen molar-refractivity contribution < 1.29 is 4.79 Å². The molecule has 2 bridgehead atoms. The minimum Gasteiger partial charge on any atom is -0.362 e. The Bertz CT molecular complexity index is 582. The van der Waals surface area contributed by atoms with E-state index in [0.29, 0.717) is 6.04 Å². The molecule has 3 heterocycles. The minimum atomic E-state index is 0.0796. The zero-order chi connectivity index (χ0) is 15.5. The summed E-state index contributed by atoms with van der Waals surface area (Å²) in [7, 11) is 0. The van der Waals surface area contributed by atoms with Crippen molar-refractivity contribution in [2.24, 2.45) is 0 Å². The predicted molar refractivity (Wildman–Crippen MR) is 96.2 cm³/mol. The fourth-order valence-corrected chi connectivity index (χ4v) is 4.47. The van der Waals surface area contributed by atoms with E-state index in [1.165, 1.54) is 25.9 Å². The number of thioether (sulfide) groups is 1. The molecule has 3 aliphatic rings. The summed E-state index contributed by atoms with van der Waals surface area (Å²) in [5, 5.41) is 1.11. The molecule has 0 atom stereocenters. The fourth-order valence-electron chi connectivity index (χ4n) is 3.29. The van der Waals surface area contributed by atoms with E-state index in [2.05, 4.69) is 32.0 Å². The van der Waals surface area contributed by atoms with E-state index in [4.69, 9.17) is 0 Å². The third-order valence-electron chi connectivity index (χ3n) is 4.54. The number of piperidine rings is 1. The highest BCUT2D eigenvalue weighted by Crippen LogP contribution is 2.29. The standard InChI is InChI=1S/C17H21BrN2OS/c1-22-17(12-16(21)14-4-2-3-5-15(14)18)20-11-10-19-8-6-13(20)7-9-19/h2-5,12-13H,6-11H2,1H3. The topological polar surface area (TPSA) is 23.6 Å². The van der Waals surface area contributed by atoms with Crippen LogP contribution in [0.25, 0.3) is 0 Å². The average Bonchev–Trinajstić information content (AvgIpc) is 2.86. The van der Waals surface area contributed by atoms with Gasteiger partial charge in [0.05, 0.1) is 5.03 Å². The lowest BCUT2D eigenvalue weighted by molar-refractivity contribution is 0.104. The number of hydrogen-bond acceptors (Lipinski definition) is 4. The number of rotatable bonds is 4. The molecule has 1 aromatic carbocycles. The van der Waals surface area contributed by atoms with Gasteiger partial charge in [-0.05, 0) is 31.2 Å². The first-order chi connectivity index (χ1) is 10.7. The lowest BCUT2D eigenvalue weighted by Gasteiger charge is -2.33. The number of hydrogen-bond donors (Lipinski definition) is 0. The number of allylic oxidation sites excluding steroid dienone is 1. The molecule has 0 N–H and O–H groups in total. The van der Waals surface area contributed by atoms with Crippen molar-refractivity contribution in [3.8, 4) is 0 Å². The molecule has 3 saturated heterocycles. The summed E-state index contributed by atoms with van der Waals surface area (Å²) in [5.41, 5.74) is 0.733. The first-order valence-electron chi connectivity index (χ1n) is 7.72. The van der Waals surface area contributed by atoms with Crippen LogP contribution in [0.2, 0.25) is 0 Å². The Labute approximate surface area is 144 Å². The molecule has 3 fully saturated rings. The van der Waals surface area contributed by atoms with Crippen LogP contribution in [-0.4, -0.2) is 54.1 Å². The molecule has 118 valence electrons. The summed E-state index contributed by atoms with van der Waals surface area (Å²) in [5.74, 6) is 0.0796. The van der Waals surface area contributed by atoms with Crippen molar-refractivity contribution >= 4 is 33.5 Å². The molecule has 0 aromatic heterocycles. The van der Waals surface area contributed by atoms with Gasteiger partial charge in [0.15, 0.2) is 5.78 Å². The maximum Gasteiger partial charge on any atom is 0.189 e. The van der Waals surface area contributed by atoms with Crippen molar-refractivity contribution in [3.63, 3.8) is 0 Å². The Balaban J connectivity index is 1.84. The third kappa shape index (κ3) is 3.42. The molecular weight excluding hydrogens is 360 g/mol. The lowest BCUT2D eigenvalue weighted by Crippen LogP contribution is -2.37. The second kappa shape index (κ2) is 7.20. The molecule has 0 radical (unpaired) electrons. The van der Waals surface area contributed by atoms with Crippen LogP contribution in [0.15, 0.2) is 39.8 Å². The van der Waals surface area contributed by atoms with E-state index >= 15 is 0 Å². The largest absolute Gasteiger partial charge is 0.362 e. The Morgan fingerprint density at radius 2 is 1.95 bits per heavy atom. The Hall–Kier alpha value is -0.780. The van der Waals surface area contributed by atoms with Gasteiger partial charge in [-0.1, -0.05) is 28.1 Å². The number of carbonyl (C=O) groups excluding carboxylic acids is 1. The molecule has 3 aliphatic heterocycles. The molecule has 22 heavy (non-hydrogen) atoms. The van der Waals surface area contributed by atoms with E-state index in [0.717, 1.165) is 28.2 Å². The Kier molecular flexibility index (Phi) is 5.26. The summed E-state index contributed by atoms with van der Waals surface area (Å²) in [6, 6.07) is 8.22. The molecule has 0 amide bonds. The maximum absolute atomic E-state index is 12.6. The molecular formula is C17H21BrN2OS. The van der Waals surface area contributed by atoms with E-state index in [1.807, 2.05) is 30.3 Å². The number of benzene rings is 1. The van der Waals surface area contributed by atoms with E-state index in [-0.39, 0.29) is 5.78 Å². The SMILES string of the molecule is CSC(=CC(=O)c1ccccc1Br)N1CCN2CCC1CC2. The van der Waals surface area contributed by atoms with Crippen molar-refractivity contribution in [1.82, 2.24) is 9.80 Å². The highest BCUT2D eigenvalue weighted by molar-refractivity contribution is 9.10. The second-order valence-electron chi connectivity index (χ2n) is 5.80. The van der Waals surface area contributed by atoms with Crippen molar-refractivity contribution in [3.05, 3.63) is 45.4 Å². The maximum atomic E-state index is 12.6. The minimum absolute atomic E-state index is 0.0796. The third-order valence-corrected chi connectivity index (χ3v) is 6.00. The molecule has 1 aromatic rings. The highest BCUT2D eigenvalue weighted by atomic mass is 79.9. The number of fused-ring (bicyclic) bond motifs is 4. The van der Waals surface area contributed by atoms with Crippen molar-refractivity contribution in [2.75, 3.05) is 32.4 Å². The zero-order valence-electron chi connectivity index (χ0n) is 12.8. The van der Waals surface area contributed by atoms with Crippen LogP contribution in [0.4, 0.5) is 0 Å². The van der Waals surface area contributed by atoms with E-state index in [9.17, 15) is 4.79 Å². The normalized spacial score (nSPS) is 25.2. The Morgan fingerprint density at radius 3 is 2.64 bits per heavy atom. The summed E-state index contributed by atoms with van der Waals surface area (Å²) in [6.07, 6.45) is 6.30. The average molecular weight is 381 g/mol. The molecule has 4 rings (SSSR count). The molecule has 0 aliphatic carbocycles. The van der Waals surface area contributed by atoms with Crippen LogP contribution in [-0.2, 0) is 0 Å². The van der Waals surface area contributed by atoms with Gasteiger partial charge in [-0.15, -0.1) is 11.8 Å². The van der Waals surface area contributed by atoms with Crippen LogP contribution in [0.3, 0.4) is 0 Å². The molecule has 0 unspecified atom stereocenters. The molecule has 5 heteroatoms. The fraction of sp³-hybridized carbons (Fsp3) is 0.471. The monoisotopic (exact) mass is 380 g/mol. The number of halogens is 1. The zero-order valence-corrected chi connectivity index (χ0v) is 15.2. The summed E-state index contributed by atoms with van der Waals surface area (Å²) in [4.78, 5) is 17.6. The van der Waals surface area contributed by atoms with Gasteiger partial charge < -0.3 is 9.80 Å². The molecule has 0 saturated carbocycles. The summed E-state index contributed by atoms with van der Waals surface area (Å²) < 4.78 is 0.861. The van der Waals surface area contributed by atoms with E-state index in [1.54, 1.807) is 11.8 Å². The van der Waals surface area contributed by atoms with Crippen LogP contribution < -0.4 is 0 Å². The highest BCUT2D eigenvalue weighted by Gasteiger charge is 2.30. The lowest BCUT2D eigenvalue weighted by atomic mass is 10.1. The number of carbonyl (C=O) groups is 1. The first-order valence-corrected chi connectivity index (χ1v) is 9.74. The van der Waals surface area contributed by atoms with Gasteiger partial charge in [0, 0.05) is 48.3 Å². The van der Waals surface area contributed by atoms with Gasteiger partial charge in [0.2, 0.25) is 0 Å². The van der Waals surface area contributed by atoms with Gasteiger partial charge in [0.25, 0.3) is 0 Å². The molecule has 3 nitrogen and oxygen atoms in total. The van der Waals surface area contributed by atoms with Crippen LogP contribution >= 0.6 is 27.7 Å². The van der Waals surface area contributed by atoms with Gasteiger partial charge in [-0.3, -0.25) is 4.79 Å². The number of nitrogens with zero attached hydrogens (tertiary/aromatic N) is 2. The second-order valence-corrected chi connectivity index (χ2v) is 7.48. The van der Waals surface area contributed by atoms with Crippen LogP contribution in [0.1, 0.15) is 23.2 Å². The van der Waals surface area contributed by atoms with Crippen molar-refractivity contribution in [1.29, 1.82) is 0 Å². The first kappa shape index (κ1) is 16.1. The smallest absolute Gasteiger partial charge is 0.189 e. The summed E-state index contributed by atoms with van der Waals surface area (Å²) in [6.45, 7) is 4.53. The van der Waals surface area contributed by atoms with Crippen molar-refractivity contribution in [2.45, 2.75) is 18.9 Å². The van der Waals surface area contributed by atoms with Gasteiger partial charge in [-0.2, -0.15) is 0 Å². The number of ketones is 1. The Morgan fingerprint density at radius 1 is 1.23 bits per heavy atom. The predicted octanol–water partition coefficient (Wildman–Crippen LogP) is 3.62. The summed E-state index contributed by atoms with van der Waals surface area (Å²) >= 11 is 5.16. The van der Waals surface area contributed by atoms with E-state index < -0.39 is 0 Å². The van der Waals surface area contributed by atoms with Crippen LogP contribution in [0, 0.1) is 0 Å². The quantitative estimate of drug-likeness (QED) is 0.587. The molecule has 0 spiro atoms. The van der Waals surface area contributed by atoms with Gasteiger partial charge in [0.1, 0.15) is 0 Å². The van der Waals surface area contributed by atoms with Gasteiger partial charge >= 0.3 is 0 Å².